The summed E-state index contributed by atoms with van der Waals surface area (Å²) in [5.41, 5.74) is 0.817. The molecule has 2 aromatic carbocycles. The Labute approximate surface area is 116 Å². The second-order valence-electron chi connectivity index (χ2n) is 4.39. The molecule has 0 fully saturated rings. The van der Waals surface area contributed by atoms with Gasteiger partial charge in [-0.15, -0.1) is 0 Å². The first-order valence-electron chi connectivity index (χ1n) is 6.01. The van der Waals surface area contributed by atoms with Gasteiger partial charge < -0.3 is 9.47 Å². The van der Waals surface area contributed by atoms with Crippen LogP contribution in [0.5, 0.6) is 5.75 Å². The van der Waals surface area contributed by atoms with E-state index in [1.54, 1.807) is 43.3 Å². The van der Waals surface area contributed by atoms with Gasteiger partial charge in [-0.2, -0.15) is 0 Å². The van der Waals surface area contributed by atoms with E-state index in [0.717, 1.165) is 10.8 Å². The van der Waals surface area contributed by atoms with Gasteiger partial charge in [-0.25, -0.2) is 9.59 Å². The van der Waals surface area contributed by atoms with Crippen LogP contribution in [0.4, 0.5) is 0 Å². The highest BCUT2D eigenvalue weighted by atomic mass is 16.5. The Hall–Kier alpha value is -2.62. The van der Waals surface area contributed by atoms with Crippen LogP contribution in [0.15, 0.2) is 48.6 Å². The van der Waals surface area contributed by atoms with Gasteiger partial charge in [-0.05, 0) is 42.0 Å². The summed E-state index contributed by atoms with van der Waals surface area (Å²) < 4.78 is 9.82. The van der Waals surface area contributed by atoms with Gasteiger partial charge in [0.05, 0.1) is 12.7 Å². The van der Waals surface area contributed by atoms with Crippen LogP contribution in [0.1, 0.15) is 17.3 Å². The Bertz CT molecular complexity index is 701. The quantitative estimate of drug-likeness (QED) is 0.488. The van der Waals surface area contributed by atoms with E-state index in [1.165, 1.54) is 7.11 Å². The molecule has 20 heavy (non-hydrogen) atoms. The Morgan fingerprint density at radius 1 is 1.05 bits per heavy atom. The van der Waals surface area contributed by atoms with E-state index < -0.39 is 5.97 Å². The third-order valence-electron chi connectivity index (χ3n) is 2.79. The SMILES string of the molecule is C=C(C)C(=O)Oc1ccc2cc(C(=O)OC)ccc2c1. The largest absolute Gasteiger partial charge is 0.465 e. The predicted molar refractivity (Wildman–Crippen MR) is 75.7 cm³/mol. The van der Waals surface area contributed by atoms with Gasteiger partial charge in [0.2, 0.25) is 0 Å². The first-order chi connectivity index (χ1) is 9.51. The normalized spacial score (nSPS) is 10.1. The molecule has 2 rings (SSSR count). The van der Waals surface area contributed by atoms with E-state index in [-0.39, 0.29) is 5.97 Å². The number of carbonyl (C=O) groups excluding carboxylic acids is 2. The minimum Gasteiger partial charge on any atom is -0.465 e. The minimum atomic E-state index is -0.462. The van der Waals surface area contributed by atoms with E-state index in [9.17, 15) is 9.59 Å². The molecule has 0 radical (unpaired) electrons. The molecule has 0 saturated heterocycles. The molecule has 0 saturated carbocycles. The minimum absolute atomic E-state index is 0.339. The molecule has 0 aromatic heterocycles. The smallest absolute Gasteiger partial charge is 0.338 e. The molecule has 0 bridgehead atoms. The summed E-state index contributed by atoms with van der Waals surface area (Å²) in [5, 5.41) is 1.73. The number of rotatable bonds is 3. The first kappa shape index (κ1) is 13.8. The second-order valence-corrected chi connectivity index (χ2v) is 4.39. The number of hydrogen-bond donors (Lipinski definition) is 0. The average Bonchev–Trinajstić information content (AvgIpc) is 2.45. The third-order valence-corrected chi connectivity index (χ3v) is 2.79. The van der Waals surface area contributed by atoms with E-state index in [0.29, 0.717) is 16.9 Å². The van der Waals surface area contributed by atoms with Gasteiger partial charge in [0.25, 0.3) is 0 Å². The number of hydrogen-bond acceptors (Lipinski definition) is 4. The molecule has 4 nitrogen and oxygen atoms in total. The summed E-state index contributed by atoms with van der Waals surface area (Å²) in [6.45, 7) is 5.12. The van der Waals surface area contributed by atoms with Gasteiger partial charge in [-0.1, -0.05) is 18.7 Å². The van der Waals surface area contributed by atoms with Crippen molar-refractivity contribution in [2.45, 2.75) is 6.92 Å². The molecule has 0 atom stereocenters. The van der Waals surface area contributed by atoms with E-state index in [4.69, 9.17) is 4.74 Å². The zero-order chi connectivity index (χ0) is 14.7. The fourth-order valence-electron chi connectivity index (χ4n) is 1.73. The fourth-order valence-corrected chi connectivity index (χ4v) is 1.73. The highest BCUT2D eigenvalue weighted by Crippen LogP contribution is 2.23. The predicted octanol–water partition coefficient (Wildman–Crippen LogP) is 3.11. The van der Waals surface area contributed by atoms with Crippen molar-refractivity contribution in [2.24, 2.45) is 0 Å². The lowest BCUT2D eigenvalue weighted by atomic mass is 10.1. The Morgan fingerprint density at radius 2 is 1.70 bits per heavy atom. The number of fused-ring (bicyclic) bond motifs is 1. The Balaban J connectivity index is 2.34. The van der Waals surface area contributed by atoms with Crippen LogP contribution in [0, 0.1) is 0 Å². The lowest BCUT2D eigenvalue weighted by Crippen LogP contribution is -2.08. The Morgan fingerprint density at radius 3 is 2.35 bits per heavy atom. The molecule has 0 N–H and O–H groups in total. The molecular formula is C16H14O4. The number of methoxy groups -OCH3 is 1. The molecule has 0 heterocycles. The molecule has 102 valence electrons. The monoisotopic (exact) mass is 270 g/mol. The standard InChI is InChI=1S/C16H14O4/c1-10(2)15(17)20-14-7-6-11-8-13(16(18)19-3)5-4-12(11)9-14/h4-9H,1H2,2-3H3. The highest BCUT2D eigenvalue weighted by Gasteiger charge is 2.08. The molecule has 0 unspecified atom stereocenters. The number of benzene rings is 2. The number of ether oxygens (including phenoxy) is 2. The molecule has 0 aliphatic heterocycles. The van der Waals surface area contributed by atoms with Crippen molar-refractivity contribution >= 4 is 22.7 Å². The van der Waals surface area contributed by atoms with E-state index >= 15 is 0 Å². The lowest BCUT2D eigenvalue weighted by Gasteiger charge is -2.06. The van der Waals surface area contributed by atoms with Crippen molar-refractivity contribution in [2.75, 3.05) is 7.11 Å². The fraction of sp³-hybridized carbons (Fsp3) is 0.125. The summed E-state index contributed by atoms with van der Waals surface area (Å²) in [7, 11) is 1.34. The number of esters is 2. The summed E-state index contributed by atoms with van der Waals surface area (Å²) in [4.78, 5) is 22.9. The van der Waals surface area contributed by atoms with E-state index in [2.05, 4.69) is 11.3 Å². The van der Waals surface area contributed by atoms with E-state index in [1.807, 2.05) is 0 Å². The van der Waals surface area contributed by atoms with Gasteiger partial charge in [0, 0.05) is 5.57 Å². The third kappa shape index (κ3) is 2.85. The van der Waals surface area contributed by atoms with Crippen molar-refractivity contribution in [3.63, 3.8) is 0 Å². The molecule has 0 aliphatic carbocycles. The van der Waals surface area contributed by atoms with Crippen molar-refractivity contribution in [1.82, 2.24) is 0 Å². The average molecular weight is 270 g/mol. The lowest BCUT2D eigenvalue weighted by molar-refractivity contribution is -0.130. The van der Waals surface area contributed by atoms with Crippen LogP contribution in [-0.2, 0) is 9.53 Å². The van der Waals surface area contributed by atoms with Crippen LogP contribution >= 0.6 is 0 Å². The number of carbonyl (C=O) groups is 2. The summed E-state index contributed by atoms with van der Waals surface area (Å²) in [5.74, 6) is -0.406. The van der Waals surface area contributed by atoms with Crippen molar-refractivity contribution < 1.29 is 19.1 Å². The Kier molecular flexibility index (Phi) is 3.84. The molecular weight excluding hydrogens is 256 g/mol. The van der Waals surface area contributed by atoms with Gasteiger partial charge in [0.15, 0.2) is 0 Å². The maximum atomic E-state index is 11.4. The molecule has 0 aliphatic rings. The van der Waals surface area contributed by atoms with Gasteiger partial charge in [-0.3, -0.25) is 0 Å². The second kappa shape index (κ2) is 5.57. The van der Waals surface area contributed by atoms with Crippen LogP contribution < -0.4 is 4.74 Å². The maximum Gasteiger partial charge on any atom is 0.338 e. The zero-order valence-corrected chi connectivity index (χ0v) is 11.3. The maximum absolute atomic E-state index is 11.4. The highest BCUT2D eigenvalue weighted by molar-refractivity contribution is 5.96. The van der Waals surface area contributed by atoms with Gasteiger partial charge in [0.1, 0.15) is 5.75 Å². The molecule has 0 spiro atoms. The molecule has 2 aromatic rings. The molecule has 0 amide bonds. The summed E-state index contributed by atoms with van der Waals surface area (Å²) in [6.07, 6.45) is 0. The summed E-state index contributed by atoms with van der Waals surface area (Å²) in [6, 6.07) is 10.4. The van der Waals surface area contributed by atoms with Crippen LogP contribution in [0.3, 0.4) is 0 Å². The van der Waals surface area contributed by atoms with Crippen molar-refractivity contribution in [1.29, 1.82) is 0 Å². The van der Waals surface area contributed by atoms with Crippen molar-refractivity contribution in [3.8, 4) is 5.75 Å². The summed E-state index contributed by atoms with van der Waals surface area (Å²) >= 11 is 0. The zero-order valence-electron chi connectivity index (χ0n) is 11.3. The van der Waals surface area contributed by atoms with Crippen LogP contribution in [0.25, 0.3) is 10.8 Å². The van der Waals surface area contributed by atoms with Crippen LogP contribution in [-0.4, -0.2) is 19.0 Å². The van der Waals surface area contributed by atoms with Gasteiger partial charge >= 0.3 is 11.9 Å². The molecule has 4 heteroatoms. The van der Waals surface area contributed by atoms with Crippen molar-refractivity contribution in [3.05, 3.63) is 54.1 Å². The first-order valence-corrected chi connectivity index (χ1v) is 6.01. The van der Waals surface area contributed by atoms with Crippen LogP contribution in [0.2, 0.25) is 0 Å². The topological polar surface area (TPSA) is 52.6 Å².